The summed E-state index contributed by atoms with van der Waals surface area (Å²) in [6, 6.07) is 13.0. The van der Waals surface area contributed by atoms with E-state index in [1.807, 2.05) is 0 Å². The number of para-hydroxylation sites is 1. The molecule has 0 fully saturated rings. The molecule has 2 aromatic carbocycles. The number of phenols is 1. The second kappa shape index (κ2) is 12.7. The lowest BCUT2D eigenvalue weighted by molar-refractivity contribution is -0.143. The molecule has 2 N–H and O–H groups in total. The van der Waals surface area contributed by atoms with Crippen molar-refractivity contribution < 1.29 is 38.7 Å². The zero-order valence-electron chi connectivity index (χ0n) is 21.7. The second-order valence-electron chi connectivity index (χ2n) is 8.53. The number of rotatable bonds is 11. The molecule has 0 spiro atoms. The lowest BCUT2D eigenvalue weighted by atomic mass is 9.87. The number of phenolic OH excluding ortho intramolecular Hbond substituents is 1. The van der Waals surface area contributed by atoms with Crippen LogP contribution in [0, 0.1) is 6.92 Å². The van der Waals surface area contributed by atoms with Gasteiger partial charge >= 0.3 is 11.9 Å². The molecule has 0 radical (unpaired) electrons. The number of hydrogen-bond acceptors (Lipinski definition) is 9. The molecule has 10 heteroatoms. The van der Waals surface area contributed by atoms with E-state index in [1.54, 1.807) is 49.4 Å². The number of benzene rings is 2. The molecule has 0 aliphatic rings. The monoisotopic (exact) mass is 525 g/mol. The van der Waals surface area contributed by atoms with Crippen molar-refractivity contribution in [3.63, 3.8) is 0 Å². The maximum atomic E-state index is 13.8. The van der Waals surface area contributed by atoms with Crippen LogP contribution in [-0.2, 0) is 32.0 Å². The summed E-state index contributed by atoms with van der Waals surface area (Å²) in [7, 11) is 3.86. The van der Waals surface area contributed by atoms with Crippen molar-refractivity contribution in [2.75, 3.05) is 27.9 Å². The van der Waals surface area contributed by atoms with Crippen LogP contribution < -0.4 is 15.0 Å². The Hall–Kier alpha value is -4.47. The topological polar surface area (TPSA) is 134 Å². The van der Waals surface area contributed by atoms with E-state index in [4.69, 9.17) is 14.2 Å². The molecule has 0 saturated carbocycles. The average Bonchev–Trinajstić information content (AvgIpc) is 2.91. The molecule has 0 amide bonds. The largest absolute Gasteiger partial charge is 0.508 e. The van der Waals surface area contributed by atoms with Gasteiger partial charge in [0.05, 0.1) is 33.3 Å². The molecule has 10 nitrogen and oxygen atoms in total. The number of esters is 2. The van der Waals surface area contributed by atoms with Gasteiger partial charge in [-0.1, -0.05) is 24.3 Å². The summed E-state index contributed by atoms with van der Waals surface area (Å²) in [6.07, 6.45) is 0.196. The Labute approximate surface area is 220 Å². The Balaban J connectivity index is 2.13. The standard InChI is InChI=1S/C28H31NO9/c1-17-14-22(31)26(28(34)29(17)13-12-18-8-10-19(30)11-9-18)21(15-24(32)36-3)20-6-5-7-23(35-2)27(20)38-16-25(33)37-4/h5-11,14,21,30-31H,12-13,15-16H2,1-4H3/t21-/m0/s1. The molecule has 0 saturated heterocycles. The smallest absolute Gasteiger partial charge is 0.343 e. The predicted molar refractivity (Wildman–Crippen MR) is 138 cm³/mol. The highest BCUT2D eigenvalue weighted by atomic mass is 16.6. The highest BCUT2D eigenvalue weighted by Crippen LogP contribution is 2.41. The third kappa shape index (κ3) is 6.44. The fraction of sp³-hybridized carbons (Fsp3) is 0.321. The first-order chi connectivity index (χ1) is 18.2. The van der Waals surface area contributed by atoms with E-state index in [2.05, 4.69) is 4.74 Å². The number of aromatic nitrogens is 1. The van der Waals surface area contributed by atoms with Crippen molar-refractivity contribution in [2.24, 2.45) is 0 Å². The molecule has 0 aliphatic heterocycles. The summed E-state index contributed by atoms with van der Waals surface area (Å²) in [5.41, 5.74) is 1.26. The van der Waals surface area contributed by atoms with Crippen molar-refractivity contribution in [3.8, 4) is 23.0 Å². The predicted octanol–water partition coefficient (Wildman–Crippen LogP) is 3.07. The lowest BCUT2D eigenvalue weighted by Crippen LogP contribution is -2.29. The van der Waals surface area contributed by atoms with Gasteiger partial charge in [-0.05, 0) is 43.2 Å². The van der Waals surface area contributed by atoms with E-state index in [9.17, 15) is 24.6 Å². The number of aromatic hydroxyl groups is 2. The Morgan fingerprint density at radius 3 is 2.29 bits per heavy atom. The molecule has 1 aromatic heterocycles. The van der Waals surface area contributed by atoms with Crippen molar-refractivity contribution in [1.29, 1.82) is 0 Å². The van der Waals surface area contributed by atoms with E-state index < -0.39 is 30.0 Å². The zero-order valence-corrected chi connectivity index (χ0v) is 21.7. The Morgan fingerprint density at radius 1 is 0.974 bits per heavy atom. The van der Waals surface area contributed by atoms with E-state index in [-0.39, 0.29) is 41.5 Å². The maximum Gasteiger partial charge on any atom is 0.343 e. The van der Waals surface area contributed by atoms with Crippen molar-refractivity contribution in [2.45, 2.75) is 32.2 Å². The van der Waals surface area contributed by atoms with Crippen LogP contribution in [-0.4, -0.2) is 54.7 Å². The third-order valence-electron chi connectivity index (χ3n) is 6.20. The van der Waals surface area contributed by atoms with Crippen LogP contribution in [0.3, 0.4) is 0 Å². The van der Waals surface area contributed by atoms with E-state index in [1.165, 1.54) is 32.0 Å². The van der Waals surface area contributed by atoms with E-state index >= 15 is 0 Å². The van der Waals surface area contributed by atoms with E-state index in [0.717, 1.165) is 5.56 Å². The minimum Gasteiger partial charge on any atom is -0.508 e. The van der Waals surface area contributed by atoms with Gasteiger partial charge in [0, 0.05) is 23.7 Å². The highest BCUT2D eigenvalue weighted by Gasteiger charge is 2.30. The fourth-order valence-electron chi connectivity index (χ4n) is 4.21. The summed E-state index contributed by atoms with van der Waals surface area (Å²) in [5, 5.41) is 20.5. The van der Waals surface area contributed by atoms with Crippen LogP contribution in [0.1, 0.15) is 34.7 Å². The number of carbonyl (C=O) groups is 2. The van der Waals surface area contributed by atoms with E-state index in [0.29, 0.717) is 17.7 Å². The van der Waals surface area contributed by atoms with Crippen LogP contribution in [0.15, 0.2) is 53.3 Å². The number of ether oxygens (including phenoxy) is 4. The second-order valence-corrected chi connectivity index (χ2v) is 8.53. The number of carbonyl (C=O) groups excluding carboxylic acids is 2. The summed E-state index contributed by atoms with van der Waals surface area (Å²) < 4.78 is 22.2. The van der Waals surface area contributed by atoms with Crippen molar-refractivity contribution in [1.82, 2.24) is 4.57 Å². The van der Waals surface area contributed by atoms with Gasteiger partial charge in [-0.2, -0.15) is 0 Å². The first kappa shape index (κ1) is 28.1. The number of methoxy groups -OCH3 is 3. The number of pyridine rings is 1. The van der Waals surface area contributed by atoms with Gasteiger partial charge in [0.1, 0.15) is 11.5 Å². The van der Waals surface area contributed by atoms with Gasteiger partial charge in [0.25, 0.3) is 5.56 Å². The maximum absolute atomic E-state index is 13.8. The molecule has 0 aliphatic carbocycles. The van der Waals surface area contributed by atoms with Crippen molar-refractivity contribution >= 4 is 11.9 Å². The van der Waals surface area contributed by atoms with Crippen molar-refractivity contribution in [3.05, 3.63) is 81.3 Å². The molecule has 3 rings (SSSR count). The third-order valence-corrected chi connectivity index (χ3v) is 6.20. The van der Waals surface area contributed by atoms with Crippen LogP contribution in [0.2, 0.25) is 0 Å². The van der Waals surface area contributed by atoms with Crippen LogP contribution in [0.5, 0.6) is 23.0 Å². The highest BCUT2D eigenvalue weighted by molar-refractivity contribution is 5.73. The molecule has 1 atom stereocenters. The Morgan fingerprint density at radius 2 is 1.66 bits per heavy atom. The molecule has 1 heterocycles. The summed E-state index contributed by atoms with van der Waals surface area (Å²) in [5.74, 6) is -2.00. The van der Waals surface area contributed by atoms with Crippen LogP contribution >= 0.6 is 0 Å². The van der Waals surface area contributed by atoms with Gasteiger partial charge in [-0.15, -0.1) is 0 Å². The van der Waals surface area contributed by atoms with Crippen LogP contribution in [0.4, 0.5) is 0 Å². The molecular formula is C28H31NO9. The van der Waals surface area contributed by atoms with Gasteiger partial charge in [-0.25, -0.2) is 4.79 Å². The number of aryl methyl sites for hydroxylation is 2. The quantitative estimate of drug-likeness (QED) is 0.362. The Kier molecular flexibility index (Phi) is 9.37. The van der Waals surface area contributed by atoms with Gasteiger partial charge in [0.2, 0.25) is 0 Å². The molecule has 0 unspecified atom stereocenters. The summed E-state index contributed by atoms with van der Waals surface area (Å²) >= 11 is 0. The van der Waals surface area contributed by atoms with Gasteiger partial charge < -0.3 is 33.7 Å². The zero-order chi connectivity index (χ0) is 27.8. The Bertz CT molecular complexity index is 1350. The lowest BCUT2D eigenvalue weighted by Gasteiger charge is -2.23. The minimum absolute atomic E-state index is 0.0251. The molecule has 202 valence electrons. The van der Waals surface area contributed by atoms with Crippen LogP contribution in [0.25, 0.3) is 0 Å². The average molecular weight is 526 g/mol. The first-order valence-electron chi connectivity index (χ1n) is 11.8. The SMILES string of the molecule is COC(=O)COc1c(OC)cccc1[C@H](CC(=O)OC)c1c(O)cc(C)n(CCc2ccc(O)cc2)c1=O. The number of nitrogens with zero attached hydrogens (tertiary/aromatic N) is 1. The summed E-state index contributed by atoms with van der Waals surface area (Å²) in [6.45, 7) is 1.55. The normalized spacial score (nSPS) is 11.5. The molecule has 3 aromatic rings. The molecule has 0 bridgehead atoms. The summed E-state index contributed by atoms with van der Waals surface area (Å²) in [4.78, 5) is 38.1. The van der Waals surface area contributed by atoms with Gasteiger partial charge in [-0.3, -0.25) is 9.59 Å². The fourth-order valence-corrected chi connectivity index (χ4v) is 4.21. The first-order valence-corrected chi connectivity index (χ1v) is 11.8. The minimum atomic E-state index is -0.988. The molecule has 38 heavy (non-hydrogen) atoms. The molecular weight excluding hydrogens is 494 g/mol. The number of hydrogen-bond donors (Lipinski definition) is 2. The van der Waals surface area contributed by atoms with Gasteiger partial charge in [0.15, 0.2) is 18.1 Å².